The fraction of sp³-hybridized carbons (Fsp3) is 0.500. The molecule has 112 valence electrons. The quantitative estimate of drug-likeness (QED) is 0.610. The van der Waals surface area contributed by atoms with Gasteiger partial charge in [0.1, 0.15) is 11.5 Å². The highest BCUT2D eigenvalue weighted by molar-refractivity contribution is 5.81. The van der Waals surface area contributed by atoms with Crippen molar-refractivity contribution in [2.24, 2.45) is 0 Å². The molecule has 6 nitrogen and oxygen atoms in total. The van der Waals surface area contributed by atoms with Gasteiger partial charge in [-0.2, -0.15) is 0 Å². The number of amides is 1. The van der Waals surface area contributed by atoms with E-state index in [0.717, 1.165) is 0 Å². The molecule has 0 aliphatic heterocycles. The predicted octanol–water partition coefficient (Wildman–Crippen LogP) is 0.641. The van der Waals surface area contributed by atoms with Gasteiger partial charge in [0, 0.05) is 25.8 Å². The van der Waals surface area contributed by atoms with Crippen LogP contribution in [0.3, 0.4) is 0 Å². The van der Waals surface area contributed by atoms with E-state index in [0.29, 0.717) is 31.0 Å². The topological polar surface area (TPSA) is 79.8 Å². The molecule has 1 aromatic carbocycles. The first-order valence-corrected chi connectivity index (χ1v) is 6.44. The first-order chi connectivity index (χ1) is 9.58. The Morgan fingerprint density at radius 3 is 2.80 bits per heavy atom. The van der Waals surface area contributed by atoms with Crippen LogP contribution in [0.1, 0.15) is 12.5 Å². The van der Waals surface area contributed by atoms with Crippen molar-refractivity contribution in [3.8, 4) is 11.5 Å². The number of ether oxygens (including phenoxy) is 2. The molecule has 0 spiro atoms. The number of carbonyl (C=O) groups excluding carboxylic acids is 1. The number of hydrogen-bond donors (Lipinski definition) is 3. The summed E-state index contributed by atoms with van der Waals surface area (Å²) < 4.78 is 9.96. The Hall–Kier alpha value is -1.79. The first-order valence-electron chi connectivity index (χ1n) is 6.44. The lowest BCUT2D eigenvalue weighted by atomic mass is 10.1. The molecule has 0 bridgehead atoms. The van der Waals surface area contributed by atoms with E-state index in [1.807, 2.05) is 0 Å². The third-order valence-corrected chi connectivity index (χ3v) is 2.88. The zero-order valence-electron chi connectivity index (χ0n) is 12.1. The predicted molar refractivity (Wildman–Crippen MR) is 75.8 cm³/mol. The molecule has 6 heteroatoms. The maximum Gasteiger partial charge on any atom is 0.236 e. The highest BCUT2D eigenvalue weighted by Crippen LogP contribution is 2.22. The van der Waals surface area contributed by atoms with Gasteiger partial charge in [0.05, 0.1) is 19.8 Å². The van der Waals surface area contributed by atoms with Crippen LogP contribution in [0, 0.1) is 0 Å². The van der Waals surface area contributed by atoms with Crippen molar-refractivity contribution in [1.82, 2.24) is 10.6 Å². The van der Waals surface area contributed by atoms with Gasteiger partial charge in [-0.25, -0.2) is 0 Å². The van der Waals surface area contributed by atoms with Crippen molar-refractivity contribution < 1.29 is 19.4 Å². The van der Waals surface area contributed by atoms with Crippen LogP contribution in [0.15, 0.2) is 18.2 Å². The monoisotopic (exact) mass is 282 g/mol. The number of carbonyl (C=O) groups is 1. The van der Waals surface area contributed by atoms with Gasteiger partial charge in [0.2, 0.25) is 5.91 Å². The largest absolute Gasteiger partial charge is 0.508 e. The lowest BCUT2D eigenvalue weighted by molar-refractivity contribution is -0.123. The van der Waals surface area contributed by atoms with Crippen LogP contribution in [0.4, 0.5) is 0 Å². The number of aromatic hydroxyl groups is 1. The van der Waals surface area contributed by atoms with Gasteiger partial charge in [-0.05, 0) is 25.1 Å². The van der Waals surface area contributed by atoms with Crippen molar-refractivity contribution in [2.75, 3.05) is 27.4 Å². The highest BCUT2D eigenvalue weighted by atomic mass is 16.5. The van der Waals surface area contributed by atoms with E-state index in [2.05, 4.69) is 10.6 Å². The van der Waals surface area contributed by atoms with Gasteiger partial charge in [-0.1, -0.05) is 0 Å². The summed E-state index contributed by atoms with van der Waals surface area (Å²) in [5.41, 5.74) is 0.681. The third-order valence-electron chi connectivity index (χ3n) is 2.88. The molecular weight excluding hydrogens is 260 g/mol. The van der Waals surface area contributed by atoms with E-state index in [-0.39, 0.29) is 17.7 Å². The molecule has 0 aliphatic rings. The molecule has 0 aliphatic carbocycles. The lowest BCUT2D eigenvalue weighted by Crippen LogP contribution is -2.42. The van der Waals surface area contributed by atoms with Crippen LogP contribution < -0.4 is 15.4 Å². The fourth-order valence-corrected chi connectivity index (χ4v) is 1.62. The number of rotatable bonds is 8. The second-order valence-electron chi connectivity index (χ2n) is 4.38. The summed E-state index contributed by atoms with van der Waals surface area (Å²) in [6.45, 7) is 3.10. The number of phenolic OH excluding ortho intramolecular Hbond substituents is 1. The zero-order valence-corrected chi connectivity index (χ0v) is 12.1. The third kappa shape index (κ3) is 5.07. The van der Waals surface area contributed by atoms with Crippen LogP contribution >= 0.6 is 0 Å². The summed E-state index contributed by atoms with van der Waals surface area (Å²) >= 11 is 0. The maximum atomic E-state index is 11.7. The van der Waals surface area contributed by atoms with Crippen molar-refractivity contribution in [3.05, 3.63) is 23.8 Å². The Morgan fingerprint density at radius 2 is 2.15 bits per heavy atom. The van der Waals surface area contributed by atoms with Crippen LogP contribution in [-0.4, -0.2) is 44.4 Å². The average Bonchev–Trinajstić information content (AvgIpc) is 2.46. The number of nitrogens with one attached hydrogen (secondary N) is 2. The maximum absolute atomic E-state index is 11.7. The van der Waals surface area contributed by atoms with Gasteiger partial charge in [0.25, 0.3) is 0 Å². The van der Waals surface area contributed by atoms with Gasteiger partial charge in [0.15, 0.2) is 0 Å². The van der Waals surface area contributed by atoms with Gasteiger partial charge < -0.3 is 25.2 Å². The van der Waals surface area contributed by atoms with Crippen LogP contribution in [0.2, 0.25) is 0 Å². The molecule has 0 fully saturated rings. The minimum absolute atomic E-state index is 0.107. The smallest absolute Gasteiger partial charge is 0.236 e. The molecule has 0 heterocycles. The molecule has 1 atom stereocenters. The molecule has 0 aromatic heterocycles. The first kappa shape index (κ1) is 16.3. The second kappa shape index (κ2) is 8.39. The summed E-state index contributed by atoms with van der Waals surface area (Å²) in [4.78, 5) is 11.7. The summed E-state index contributed by atoms with van der Waals surface area (Å²) in [7, 11) is 3.15. The molecule has 0 saturated heterocycles. The zero-order chi connectivity index (χ0) is 15.0. The van der Waals surface area contributed by atoms with E-state index in [1.165, 1.54) is 0 Å². The second-order valence-corrected chi connectivity index (χ2v) is 4.38. The summed E-state index contributed by atoms with van der Waals surface area (Å²) in [5.74, 6) is 0.728. The molecule has 1 rings (SSSR count). The SMILES string of the molecule is COCCNC(=O)C(C)NCc1cc(OC)ccc1O. The van der Waals surface area contributed by atoms with Crippen LogP contribution in [0.5, 0.6) is 11.5 Å². The molecule has 1 aromatic rings. The Kier molecular flexibility index (Phi) is 6.83. The molecule has 0 saturated carbocycles. The average molecular weight is 282 g/mol. The highest BCUT2D eigenvalue weighted by Gasteiger charge is 2.12. The Labute approximate surface area is 119 Å². The minimum Gasteiger partial charge on any atom is -0.508 e. The van der Waals surface area contributed by atoms with Gasteiger partial charge in [-0.3, -0.25) is 4.79 Å². The van der Waals surface area contributed by atoms with Crippen molar-refractivity contribution in [3.63, 3.8) is 0 Å². The Bertz CT molecular complexity index is 437. The Balaban J connectivity index is 2.47. The van der Waals surface area contributed by atoms with Gasteiger partial charge >= 0.3 is 0 Å². The molecule has 1 amide bonds. The number of phenols is 1. The Morgan fingerprint density at radius 1 is 1.40 bits per heavy atom. The van der Waals surface area contributed by atoms with Crippen molar-refractivity contribution in [1.29, 1.82) is 0 Å². The lowest BCUT2D eigenvalue weighted by Gasteiger charge is -2.15. The van der Waals surface area contributed by atoms with E-state index in [9.17, 15) is 9.90 Å². The molecular formula is C14H22N2O4. The summed E-state index contributed by atoms with van der Waals surface area (Å²) in [5, 5.41) is 15.5. The normalized spacial score (nSPS) is 11.9. The van der Waals surface area contributed by atoms with E-state index in [1.54, 1.807) is 39.3 Å². The molecule has 20 heavy (non-hydrogen) atoms. The van der Waals surface area contributed by atoms with Crippen LogP contribution in [-0.2, 0) is 16.1 Å². The van der Waals surface area contributed by atoms with E-state index >= 15 is 0 Å². The summed E-state index contributed by atoms with van der Waals surface area (Å²) in [6.07, 6.45) is 0. The van der Waals surface area contributed by atoms with Crippen molar-refractivity contribution in [2.45, 2.75) is 19.5 Å². The standard InChI is InChI=1S/C14H22N2O4/c1-10(14(18)15-6-7-19-2)16-9-11-8-12(20-3)4-5-13(11)17/h4-5,8,10,16-17H,6-7,9H2,1-3H3,(H,15,18). The number of hydrogen-bond acceptors (Lipinski definition) is 5. The fourth-order valence-electron chi connectivity index (χ4n) is 1.62. The summed E-state index contributed by atoms with van der Waals surface area (Å²) in [6, 6.07) is 4.62. The minimum atomic E-state index is -0.363. The van der Waals surface area contributed by atoms with E-state index in [4.69, 9.17) is 9.47 Å². The van der Waals surface area contributed by atoms with E-state index < -0.39 is 0 Å². The molecule has 1 unspecified atom stereocenters. The number of methoxy groups -OCH3 is 2. The number of benzene rings is 1. The van der Waals surface area contributed by atoms with Gasteiger partial charge in [-0.15, -0.1) is 0 Å². The van der Waals surface area contributed by atoms with Crippen molar-refractivity contribution >= 4 is 5.91 Å². The molecule has 3 N–H and O–H groups in total. The van der Waals surface area contributed by atoms with Crippen LogP contribution in [0.25, 0.3) is 0 Å². The molecule has 0 radical (unpaired) electrons.